The van der Waals surface area contributed by atoms with Crippen LogP contribution in [0.5, 0.6) is 0 Å². The van der Waals surface area contributed by atoms with Crippen molar-refractivity contribution in [3.63, 3.8) is 0 Å². The van der Waals surface area contributed by atoms with Gasteiger partial charge in [0.25, 0.3) is 5.91 Å². The van der Waals surface area contributed by atoms with E-state index < -0.39 is 0 Å². The molecule has 0 aliphatic rings. The van der Waals surface area contributed by atoms with Crippen LogP contribution < -0.4 is 5.32 Å². The molecule has 0 saturated heterocycles. The molecule has 2 aromatic heterocycles. The normalized spacial score (nSPS) is 10.8. The van der Waals surface area contributed by atoms with Crippen LogP contribution in [-0.4, -0.2) is 25.9 Å². The Bertz CT molecular complexity index is 1060. The van der Waals surface area contributed by atoms with Crippen molar-refractivity contribution in [2.45, 2.75) is 6.54 Å². The van der Waals surface area contributed by atoms with Gasteiger partial charge in [-0.05, 0) is 35.9 Å². The van der Waals surface area contributed by atoms with Crippen molar-refractivity contribution in [3.8, 4) is 0 Å². The molecule has 0 radical (unpaired) electrons. The first-order valence-electron chi connectivity index (χ1n) is 7.99. The first kappa shape index (κ1) is 16.2. The lowest BCUT2D eigenvalue weighted by molar-refractivity contribution is 0.102. The van der Waals surface area contributed by atoms with Gasteiger partial charge in [0.1, 0.15) is 11.3 Å². The summed E-state index contributed by atoms with van der Waals surface area (Å²) >= 11 is 5.80. The lowest BCUT2D eigenvalue weighted by atomic mass is 10.1. The summed E-state index contributed by atoms with van der Waals surface area (Å²) in [5.41, 5.74) is 3.16. The first-order valence-corrected chi connectivity index (χ1v) is 8.37. The molecule has 0 fully saturated rings. The number of fused-ring (bicyclic) bond motifs is 1. The monoisotopic (exact) mass is 363 g/mol. The summed E-state index contributed by atoms with van der Waals surface area (Å²) in [7, 11) is 0. The topological polar surface area (TPSA) is 72.7 Å². The third kappa shape index (κ3) is 3.41. The Morgan fingerprint density at radius 2 is 1.92 bits per heavy atom. The summed E-state index contributed by atoms with van der Waals surface area (Å²) in [5, 5.41) is 11.6. The summed E-state index contributed by atoms with van der Waals surface area (Å²) in [6.45, 7) is 0.623. The average Bonchev–Trinajstić information content (AvgIpc) is 3.06. The number of hydrogen-bond acceptors (Lipinski definition) is 4. The average molecular weight is 364 g/mol. The SMILES string of the molecule is O=C(Nc1ccc(Cl)cn1)c1ccc2c(c1)nnn2Cc1ccccc1. The molecule has 2 aromatic carbocycles. The molecule has 0 atom stereocenters. The van der Waals surface area contributed by atoms with E-state index in [9.17, 15) is 4.79 Å². The van der Waals surface area contributed by atoms with Gasteiger partial charge in [0.05, 0.1) is 17.1 Å². The van der Waals surface area contributed by atoms with Gasteiger partial charge in [-0.2, -0.15) is 0 Å². The summed E-state index contributed by atoms with van der Waals surface area (Å²) < 4.78 is 1.81. The van der Waals surface area contributed by atoms with Gasteiger partial charge in [0, 0.05) is 11.8 Å². The Labute approximate surface area is 154 Å². The molecular weight excluding hydrogens is 350 g/mol. The van der Waals surface area contributed by atoms with E-state index in [1.807, 2.05) is 41.1 Å². The minimum Gasteiger partial charge on any atom is -0.307 e. The van der Waals surface area contributed by atoms with Crippen molar-refractivity contribution in [2.75, 3.05) is 5.32 Å². The van der Waals surface area contributed by atoms with Crippen LogP contribution in [0.2, 0.25) is 5.02 Å². The van der Waals surface area contributed by atoms with Crippen molar-refractivity contribution in [1.29, 1.82) is 0 Å². The molecule has 0 saturated carbocycles. The molecule has 0 spiro atoms. The molecule has 4 rings (SSSR count). The Morgan fingerprint density at radius 3 is 2.69 bits per heavy atom. The van der Waals surface area contributed by atoms with E-state index in [0.717, 1.165) is 11.1 Å². The summed E-state index contributed by atoms with van der Waals surface area (Å²) in [5.74, 6) is 0.173. The Balaban J connectivity index is 1.56. The number of hydrogen-bond donors (Lipinski definition) is 1. The molecule has 0 aliphatic heterocycles. The van der Waals surface area contributed by atoms with Gasteiger partial charge in [0.15, 0.2) is 0 Å². The Hall–Kier alpha value is -3.25. The van der Waals surface area contributed by atoms with Gasteiger partial charge in [-0.25, -0.2) is 9.67 Å². The number of aromatic nitrogens is 4. The fourth-order valence-electron chi connectivity index (χ4n) is 2.62. The van der Waals surface area contributed by atoms with Crippen LogP contribution in [-0.2, 0) is 6.54 Å². The second-order valence-electron chi connectivity index (χ2n) is 5.75. The highest BCUT2D eigenvalue weighted by molar-refractivity contribution is 6.30. The lowest BCUT2D eigenvalue weighted by Gasteiger charge is -2.05. The molecule has 128 valence electrons. The number of nitrogens with zero attached hydrogens (tertiary/aromatic N) is 4. The summed E-state index contributed by atoms with van der Waals surface area (Å²) in [6.07, 6.45) is 1.48. The standard InChI is InChI=1S/C19H14ClN5O/c20-15-7-9-18(21-11-15)22-19(26)14-6-8-17-16(10-14)23-24-25(17)12-13-4-2-1-3-5-13/h1-11H,12H2,(H,21,22,26). The van der Waals surface area contributed by atoms with Gasteiger partial charge < -0.3 is 5.32 Å². The summed E-state index contributed by atoms with van der Waals surface area (Å²) in [4.78, 5) is 16.5. The van der Waals surface area contributed by atoms with Crippen molar-refractivity contribution >= 4 is 34.4 Å². The van der Waals surface area contributed by atoms with Crippen LogP contribution in [0, 0.1) is 0 Å². The third-order valence-electron chi connectivity index (χ3n) is 3.92. The first-order chi connectivity index (χ1) is 12.7. The number of benzene rings is 2. The largest absolute Gasteiger partial charge is 0.307 e. The second kappa shape index (κ2) is 6.93. The van der Waals surface area contributed by atoms with E-state index in [1.165, 1.54) is 6.20 Å². The quantitative estimate of drug-likeness (QED) is 0.599. The molecular formula is C19H14ClN5O. The van der Waals surface area contributed by atoms with E-state index in [-0.39, 0.29) is 5.91 Å². The van der Waals surface area contributed by atoms with E-state index >= 15 is 0 Å². The van der Waals surface area contributed by atoms with Gasteiger partial charge in [-0.15, -0.1) is 5.10 Å². The highest BCUT2D eigenvalue weighted by Crippen LogP contribution is 2.17. The van der Waals surface area contributed by atoms with Crippen LogP contribution in [0.15, 0.2) is 66.9 Å². The highest BCUT2D eigenvalue weighted by Gasteiger charge is 2.11. The number of pyridine rings is 1. The number of nitrogens with one attached hydrogen (secondary N) is 1. The van der Waals surface area contributed by atoms with E-state index in [0.29, 0.717) is 28.5 Å². The van der Waals surface area contributed by atoms with Crippen LogP contribution in [0.4, 0.5) is 5.82 Å². The maximum Gasteiger partial charge on any atom is 0.256 e. The van der Waals surface area contributed by atoms with E-state index in [4.69, 9.17) is 11.6 Å². The van der Waals surface area contributed by atoms with Gasteiger partial charge in [-0.3, -0.25) is 4.79 Å². The molecule has 0 unspecified atom stereocenters. The zero-order valence-electron chi connectivity index (χ0n) is 13.6. The van der Waals surface area contributed by atoms with Crippen molar-refractivity contribution in [3.05, 3.63) is 83.0 Å². The zero-order chi connectivity index (χ0) is 17.9. The van der Waals surface area contributed by atoms with Crippen LogP contribution in [0.1, 0.15) is 15.9 Å². The lowest BCUT2D eigenvalue weighted by Crippen LogP contribution is -2.12. The van der Waals surface area contributed by atoms with E-state index in [2.05, 4.69) is 20.6 Å². The van der Waals surface area contributed by atoms with Gasteiger partial charge in [0.2, 0.25) is 0 Å². The fraction of sp³-hybridized carbons (Fsp3) is 0.0526. The van der Waals surface area contributed by atoms with Crippen molar-refractivity contribution < 1.29 is 4.79 Å². The van der Waals surface area contributed by atoms with Gasteiger partial charge >= 0.3 is 0 Å². The number of amides is 1. The minimum atomic E-state index is -0.265. The molecule has 0 aliphatic carbocycles. The number of rotatable bonds is 4. The number of carbonyl (C=O) groups is 1. The smallest absolute Gasteiger partial charge is 0.256 e. The number of carbonyl (C=O) groups excluding carboxylic acids is 1. The van der Waals surface area contributed by atoms with Crippen LogP contribution >= 0.6 is 11.6 Å². The second-order valence-corrected chi connectivity index (χ2v) is 6.19. The molecule has 1 amide bonds. The van der Waals surface area contributed by atoms with Crippen LogP contribution in [0.25, 0.3) is 11.0 Å². The Morgan fingerprint density at radius 1 is 1.08 bits per heavy atom. The zero-order valence-corrected chi connectivity index (χ0v) is 14.4. The van der Waals surface area contributed by atoms with Crippen molar-refractivity contribution in [2.24, 2.45) is 0 Å². The molecule has 26 heavy (non-hydrogen) atoms. The number of halogens is 1. The molecule has 7 heteroatoms. The molecule has 6 nitrogen and oxygen atoms in total. The molecule has 0 bridgehead atoms. The highest BCUT2D eigenvalue weighted by atomic mass is 35.5. The van der Waals surface area contributed by atoms with Crippen LogP contribution in [0.3, 0.4) is 0 Å². The molecule has 4 aromatic rings. The maximum atomic E-state index is 12.4. The van der Waals surface area contributed by atoms with E-state index in [1.54, 1.807) is 24.3 Å². The maximum absolute atomic E-state index is 12.4. The minimum absolute atomic E-state index is 0.265. The van der Waals surface area contributed by atoms with Crippen molar-refractivity contribution in [1.82, 2.24) is 20.0 Å². The predicted octanol–water partition coefficient (Wildman–Crippen LogP) is 3.78. The fourth-order valence-corrected chi connectivity index (χ4v) is 2.74. The molecule has 1 N–H and O–H groups in total. The summed E-state index contributed by atoms with van der Waals surface area (Å²) in [6, 6.07) is 18.7. The van der Waals surface area contributed by atoms with Gasteiger partial charge in [-0.1, -0.05) is 47.1 Å². The number of anilines is 1. The Kier molecular flexibility index (Phi) is 4.33. The third-order valence-corrected chi connectivity index (χ3v) is 4.14. The predicted molar refractivity (Wildman–Crippen MR) is 100 cm³/mol. The molecule has 2 heterocycles.